The van der Waals surface area contributed by atoms with Crippen LogP contribution in [0.2, 0.25) is 0 Å². The Hall–Kier alpha value is -3.02. The fourth-order valence-corrected chi connectivity index (χ4v) is 4.27. The van der Waals surface area contributed by atoms with Crippen molar-refractivity contribution in [3.05, 3.63) is 89.5 Å². The summed E-state index contributed by atoms with van der Waals surface area (Å²) in [5, 5.41) is 3.49. The molecule has 1 N–H and O–H groups in total. The summed E-state index contributed by atoms with van der Waals surface area (Å²) >= 11 is 6.10. The molecule has 0 saturated carbocycles. The SMILES string of the molecule is O=C(Nc1ccccc1)Oc1ccc(OCCN2CCC(C3=CC=C(Cl)C=CC3)CC2)cc1. The van der Waals surface area contributed by atoms with Crippen molar-refractivity contribution in [1.82, 2.24) is 4.90 Å². The van der Waals surface area contributed by atoms with Crippen LogP contribution in [0, 0.1) is 5.92 Å². The number of piperidine rings is 1. The molecule has 4 rings (SSSR count). The first-order valence-corrected chi connectivity index (χ1v) is 11.8. The summed E-state index contributed by atoms with van der Waals surface area (Å²) in [5.74, 6) is 1.87. The quantitative estimate of drug-likeness (QED) is 0.515. The van der Waals surface area contributed by atoms with Gasteiger partial charge in [-0.1, -0.05) is 47.5 Å². The molecule has 172 valence electrons. The average molecular weight is 465 g/mol. The predicted molar refractivity (Wildman–Crippen MR) is 133 cm³/mol. The number of para-hydroxylation sites is 1. The molecule has 1 amide bonds. The Kier molecular flexibility index (Phi) is 8.23. The van der Waals surface area contributed by atoms with Gasteiger partial charge in [0.05, 0.1) is 0 Å². The molecule has 33 heavy (non-hydrogen) atoms. The van der Waals surface area contributed by atoms with Crippen molar-refractivity contribution in [3.8, 4) is 11.5 Å². The van der Waals surface area contributed by atoms with Crippen molar-refractivity contribution >= 4 is 23.4 Å². The highest BCUT2D eigenvalue weighted by molar-refractivity contribution is 6.31. The predicted octanol–water partition coefficient (Wildman–Crippen LogP) is 6.40. The highest BCUT2D eigenvalue weighted by atomic mass is 35.5. The van der Waals surface area contributed by atoms with Gasteiger partial charge in [-0.3, -0.25) is 10.2 Å². The first kappa shape index (κ1) is 23.1. The Balaban J connectivity index is 1.15. The second-order valence-corrected chi connectivity index (χ2v) is 8.65. The minimum Gasteiger partial charge on any atom is -0.492 e. The van der Waals surface area contributed by atoms with E-state index >= 15 is 0 Å². The molecule has 0 aromatic heterocycles. The van der Waals surface area contributed by atoms with Gasteiger partial charge in [-0.05, 0) is 86.8 Å². The molecular formula is C27H29ClN2O3. The summed E-state index contributed by atoms with van der Waals surface area (Å²) in [4.78, 5) is 14.4. The van der Waals surface area contributed by atoms with Crippen molar-refractivity contribution in [2.45, 2.75) is 19.3 Å². The second-order valence-electron chi connectivity index (χ2n) is 8.22. The van der Waals surface area contributed by atoms with Crippen LogP contribution < -0.4 is 14.8 Å². The van der Waals surface area contributed by atoms with Crippen LogP contribution in [-0.4, -0.2) is 37.2 Å². The van der Waals surface area contributed by atoms with E-state index in [-0.39, 0.29) is 0 Å². The van der Waals surface area contributed by atoms with Gasteiger partial charge < -0.3 is 9.47 Å². The molecule has 1 aliphatic heterocycles. The van der Waals surface area contributed by atoms with Gasteiger partial charge in [0.2, 0.25) is 0 Å². The van der Waals surface area contributed by atoms with Crippen LogP contribution in [0.15, 0.2) is 89.5 Å². The van der Waals surface area contributed by atoms with Crippen LogP contribution in [-0.2, 0) is 0 Å². The monoisotopic (exact) mass is 464 g/mol. The Morgan fingerprint density at radius 1 is 1.00 bits per heavy atom. The summed E-state index contributed by atoms with van der Waals surface area (Å²) in [6.07, 6.45) is 11.2. The lowest BCUT2D eigenvalue weighted by molar-refractivity contribution is 0.164. The van der Waals surface area contributed by atoms with Crippen LogP contribution in [0.5, 0.6) is 11.5 Å². The van der Waals surface area contributed by atoms with Crippen molar-refractivity contribution in [3.63, 3.8) is 0 Å². The van der Waals surface area contributed by atoms with Gasteiger partial charge in [0.15, 0.2) is 0 Å². The number of carbonyl (C=O) groups is 1. The molecule has 0 radical (unpaired) electrons. The molecule has 0 bridgehead atoms. The molecule has 6 heteroatoms. The first-order chi connectivity index (χ1) is 16.2. The van der Waals surface area contributed by atoms with Crippen LogP contribution in [0.3, 0.4) is 0 Å². The Morgan fingerprint density at radius 2 is 1.73 bits per heavy atom. The largest absolute Gasteiger partial charge is 0.492 e. The molecule has 5 nitrogen and oxygen atoms in total. The molecule has 1 saturated heterocycles. The lowest BCUT2D eigenvalue weighted by atomic mass is 9.87. The maximum absolute atomic E-state index is 12.0. The maximum atomic E-state index is 12.0. The fraction of sp³-hybridized carbons (Fsp3) is 0.296. The van der Waals surface area contributed by atoms with Crippen molar-refractivity contribution < 1.29 is 14.3 Å². The Bertz CT molecular complexity index is 1010. The third kappa shape index (κ3) is 7.24. The number of rotatable bonds is 7. The highest BCUT2D eigenvalue weighted by Gasteiger charge is 2.21. The van der Waals surface area contributed by atoms with E-state index in [0.29, 0.717) is 24.0 Å². The zero-order valence-electron chi connectivity index (χ0n) is 18.6. The van der Waals surface area contributed by atoms with Crippen LogP contribution in [0.4, 0.5) is 10.5 Å². The number of hydrogen-bond acceptors (Lipinski definition) is 4. The van der Waals surface area contributed by atoms with Gasteiger partial charge in [-0.2, -0.15) is 0 Å². The minimum atomic E-state index is -0.520. The van der Waals surface area contributed by atoms with Crippen molar-refractivity contribution in [2.24, 2.45) is 5.92 Å². The summed E-state index contributed by atoms with van der Waals surface area (Å²) in [6.45, 7) is 3.68. The van der Waals surface area contributed by atoms with E-state index in [4.69, 9.17) is 21.1 Å². The smallest absolute Gasteiger partial charge is 0.417 e. The zero-order chi connectivity index (χ0) is 22.9. The lowest BCUT2D eigenvalue weighted by Gasteiger charge is -2.33. The Morgan fingerprint density at radius 3 is 2.48 bits per heavy atom. The Labute approximate surface area is 200 Å². The molecular weight excluding hydrogens is 436 g/mol. The molecule has 1 fully saturated rings. The van der Waals surface area contributed by atoms with Gasteiger partial charge in [0.25, 0.3) is 0 Å². The molecule has 1 aliphatic carbocycles. The number of carbonyl (C=O) groups excluding carboxylic acids is 1. The molecule has 1 heterocycles. The molecule has 2 aromatic rings. The summed E-state index contributed by atoms with van der Waals surface area (Å²) in [7, 11) is 0. The standard InChI is InChI=1S/C27H29ClN2O3/c28-23-6-4-5-21(9-10-23)22-15-17-30(18-16-22)19-20-32-25-11-13-26(14-12-25)33-27(31)29-24-7-2-1-3-8-24/h1-4,6-14,22H,5,15-20H2,(H,29,31). The fourth-order valence-electron chi connectivity index (χ4n) is 4.12. The number of hydrogen-bond donors (Lipinski definition) is 1. The first-order valence-electron chi connectivity index (χ1n) is 11.4. The molecule has 0 atom stereocenters. The van der Waals surface area contributed by atoms with E-state index in [9.17, 15) is 4.79 Å². The summed E-state index contributed by atoms with van der Waals surface area (Å²) in [6, 6.07) is 16.3. The number of halogens is 1. The number of nitrogens with one attached hydrogen (secondary N) is 1. The maximum Gasteiger partial charge on any atom is 0.417 e. The number of allylic oxidation sites excluding steroid dienone is 6. The highest BCUT2D eigenvalue weighted by Crippen LogP contribution is 2.29. The van der Waals surface area contributed by atoms with Crippen LogP contribution in [0.1, 0.15) is 19.3 Å². The number of benzene rings is 2. The number of anilines is 1. The minimum absolute atomic E-state index is 0.469. The van der Waals surface area contributed by atoms with Crippen LogP contribution in [0.25, 0.3) is 0 Å². The topological polar surface area (TPSA) is 50.8 Å². The van der Waals surface area contributed by atoms with E-state index in [1.807, 2.05) is 42.5 Å². The second kappa shape index (κ2) is 11.7. The van der Waals surface area contributed by atoms with Crippen LogP contribution >= 0.6 is 11.6 Å². The van der Waals surface area contributed by atoms with E-state index in [1.54, 1.807) is 24.3 Å². The average Bonchev–Trinajstić information content (AvgIpc) is 3.06. The van der Waals surface area contributed by atoms with Gasteiger partial charge >= 0.3 is 6.09 Å². The molecule has 0 spiro atoms. The van der Waals surface area contributed by atoms with Gasteiger partial charge in [-0.15, -0.1) is 0 Å². The summed E-state index contributed by atoms with van der Waals surface area (Å²) in [5.41, 5.74) is 2.17. The number of nitrogens with zero attached hydrogens (tertiary/aromatic N) is 1. The zero-order valence-corrected chi connectivity index (χ0v) is 19.3. The van der Waals surface area contributed by atoms with Gasteiger partial charge in [-0.25, -0.2) is 4.79 Å². The molecule has 0 unspecified atom stereocenters. The molecule has 2 aliphatic rings. The normalized spacial score (nSPS) is 17.0. The van der Waals surface area contributed by atoms with Crippen molar-refractivity contribution in [2.75, 3.05) is 31.6 Å². The molecule has 2 aromatic carbocycles. The van der Waals surface area contributed by atoms with E-state index in [1.165, 1.54) is 18.4 Å². The van der Waals surface area contributed by atoms with E-state index < -0.39 is 6.09 Å². The third-order valence-corrected chi connectivity index (χ3v) is 6.18. The third-order valence-electron chi connectivity index (χ3n) is 5.93. The van der Waals surface area contributed by atoms with Gasteiger partial charge in [0, 0.05) is 17.3 Å². The summed E-state index contributed by atoms with van der Waals surface area (Å²) < 4.78 is 11.2. The number of ether oxygens (including phenoxy) is 2. The van der Waals surface area contributed by atoms with E-state index in [2.05, 4.69) is 22.4 Å². The number of likely N-dealkylation sites (tertiary alicyclic amines) is 1. The van der Waals surface area contributed by atoms with E-state index in [0.717, 1.165) is 36.8 Å². The lowest BCUT2D eigenvalue weighted by Crippen LogP contribution is -2.36. The van der Waals surface area contributed by atoms with Crippen molar-refractivity contribution in [1.29, 1.82) is 0 Å². The van der Waals surface area contributed by atoms with Gasteiger partial charge in [0.1, 0.15) is 18.1 Å². The number of amides is 1.